The van der Waals surface area contributed by atoms with E-state index in [4.69, 9.17) is 0 Å². The topological polar surface area (TPSA) is 58.2 Å². The zero-order valence-corrected chi connectivity index (χ0v) is 14.0. The summed E-state index contributed by atoms with van der Waals surface area (Å²) >= 11 is 1.24. The van der Waals surface area contributed by atoms with Crippen molar-refractivity contribution >= 4 is 27.0 Å². The molecule has 0 saturated heterocycles. The number of thiophene rings is 1. The Balaban J connectivity index is 2.15. The van der Waals surface area contributed by atoms with E-state index in [0.29, 0.717) is 22.5 Å². The Morgan fingerprint density at radius 3 is 2.62 bits per heavy atom. The first-order chi connectivity index (χ1) is 9.88. The van der Waals surface area contributed by atoms with Crippen molar-refractivity contribution in [2.75, 3.05) is 4.72 Å². The third-order valence-corrected chi connectivity index (χ3v) is 5.85. The van der Waals surface area contributed by atoms with Gasteiger partial charge in [-0.3, -0.25) is 4.72 Å². The highest BCUT2D eigenvalue weighted by Gasteiger charge is 2.17. The molecule has 0 saturated carbocycles. The second-order valence-electron chi connectivity index (χ2n) is 5.23. The highest BCUT2D eigenvalue weighted by atomic mass is 32.2. The number of benzene rings is 1. The Bertz CT molecular complexity index is 706. The molecule has 0 radical (unpaired) electrons. The van der Waals surface area contributed by atoms with Crippen molar-refractivity contribution in [3.63, 3.8) is 0 Å². The first kappa shape index (κ1) is 16.0. The lowest BCUT2D eigenvalue weighted by atomic mass is 10.2. The molecule has 2 aromatic rings. The van der Waals surface area contributed by atoms with Crippen molar-refractivity contribution in [3.8, 4) is 0 Å². The molecule has 6 heteroatoms. The van der Waals surface area contributed by atoms with Crippen LogP contribution in [0.4, 0.5) is 5.69 Å². The lowest BCUT2D eigenvalue weighted by molar-refractivity contribution is 0.589. The van der Waals surface area contributed by atoms with Crippen LogP contribution in [0.15, 0.2) is 39.9 Å². The molecule has 0 aliphatic rings. The van der Waals surface area contributed by atoms with E-state index in [1.165, 1.54) is 11.3 Å². The Kier molecular flexibility index (Phi) is 5.03. The van der Waals surface area contributed by atoms with Gasteiger partial charge in [-0.2, -0.15) is 0 Å². The number of para-hydroxylation sites is 1. The van der Waals surface area contributed by atoms with Gasteiger partial charge in [-0.1, -0.05) is 32.0 Å². The molecule has 1 aromatic heterocycles. The first-order valence-electron chi connectivity index (χ1n) is 6.78. The van der Waals surface area contributed by atoms with Gasteiger partial charge in [0.2, 0.25) is 0 Å². The Labute approximate surface area is 130 Å². The summed E-state index contributed by atoms with van der Waals surface area (Å²) in [4.78, 5) is 0. The summed E-state index contributed by atoms with van der Waals surface area (Å²) in [6.45, 7) is 6.67. The molecular formula is C15H20N2O2S2. The Morgan fingerprint density at radius 2 is 1.95 bits per heavy atom. The van der Waals surface area contributed by atoms with Gasteiger partial charge in [-0.15, -0.1) is 11.3 Å². The van der Waals surface area contributed by atoms with Crippen LogP contribution in [0.2, 0.25) is 0 Å². The maximum absolute atomic E-state index is 12.4. The molecule has 114 valence electrons. The zero-order valence-electron chi connectivity index (χ0n) is 12.4. The highest BCUT2D eigenvalue weighted by Crippen LogP contribution is 2.24. The van der Waals surface area contributed by atoms with Crippen LogP contribution >= 0.6 is 11.3 Å². The molecule has 0 spiro atoms. The Morgan fingerprint density at radius 1 is 1.24 bits per heavy atom. The monoisotopic (exact) mass is 324 g/mol. The van der Waals surface area contributed by atoms with Crippen LogP contribution in [-0.2, 0) is 16.6 Å². The maximum atomic E-state index is 12.4. The summed E-state index contributed by atoms with van der Waals surface area (Å²) in [5.74, 6) is 0. The van der Waals surface area contributed by atoms with Crippen molar-refractivity contribution in [1.29, 1.82) is 0 Å². The second kappa shape index (κ2) is 6.60. The van der Waals surface area contributed by atoms with Crippen LogP contribution in [0.1, 0.15) is 25.0 Å². The zero-order chi connectivity index (χ0) is 15.5. The van der Waals surface area contributed by atoms with Crippen LogP contribution in [0.25, 0.3) is 0 Å². The molecule has 0 amide bonds. The van der Waals surface area contributed by atoms with Gasteiger partial charge in [0.25, 0.3) is 10.0 Å². The number of hydrogen-bond donors (Lipinski definition) is 2. The minimum absolute atomic E-state index is 0.339. The summed E-state index contributed by atoms with van der Waals surface area (Å²) in [6.07, 6.45) is 0. The summed E-state index contributed by atoms with van der Waals surface area (Å²) in [7, 11) is -3.51. The minimum atomic E-state index is -3.51. The summed E-state index contributed by atoms with van der Waals surface area (Å²) in [6, 6.07) is 9.44. The fraction of sp³-hybridized carbons (Fsp3) is 0.333. The molecule has 1 heterocycles. The van der Waals surface area contributed by atoms with E-state index in [1.54, 1.807) is 12.1 Å². The van der Waals surface area contributed by atoms with Gasteiger partial charge in [0, 0.05) is 12.6 Å². The molecule has 0 atom stereocenters. The molecule has 2 rings (SSSR count). The molecule has 21 heavy (non-hydrogen) atoms. The van der Waals surface area contributed by atoms with Gasteiger partial charge in [0.05, 0.1) is 5.69 Å². The van der Waals surface area contributed by atoms with Crippen molar-refractivity contribution in [2.24, 2.45) is 0 Å². The molecule has 0 aliphatic heterocycles. The third-order valence-electron chi connectivity index (χ3n) is 3.00. The van der Waals surface area contributed by atoms with Gasteiger partial charge < -0.3 is 5.32 Å². The molecule has 4 nitrogen and oxygen atoms in total. The molecule has 2 N–H and O–H groups in total. The number of aryl methyl sites for hydroxylation is 1. The normalized spacial score (nSPS) is 11.8. The fourth-order valence-corrected chi connectivity index (χ4v) is 4.13. The number of hydrogen-bond acceptors (Lipinski definition) is 4. The van der Waals surface area contributed by atoms with Crippen LogP contribution in [0.3, 0.4) is 0 Å². The van der Waals surface area contributed by atoms with E-state index in [0.717, 1.165) is 11.1 Å². The predicted molar refractivity (Wildman–Crippen MR) is 88.3 cm³/mol. The molecule has 0 fully saturated rings. The predicted octanol–water partition coefficient (Wildman–Crippen LogP) is 3.36. The average molecular weight is 324 g/mol. The van der Waals surface area contributed by atoms with Crippen molar-refractivity contribution < 1.29 is 8.42 Å². The lowest BCUT2D eigenvalue weighted by Crippen LogP contribution is -2.21. The van der Waals surface area contributed by atoms with Gasteiger partial charge in [0.15, 0.2) is 0 Å². The molecule has 0 unspecified atom stereocenters. The first-order valence-corrected chi connectivity index (χ1v) is 9.14. The summed E-state index contributed by atoms with van der Waals surface area (Å²) < 4.78 is 27.8. The quantitative estimate of drug-likeness (QED) is 0.856. The van der Waals surface area contributed by atoms with E-state index in [9.17, 15) is 8.42 Å². The van der Waals surface area contributed by atoms with Gasteiger partial charge in [0.1, 0.15) is 4.21 Å². The number of anilines is 1. The largest absolute Gasteiger partial charge is 0.310 e. The van der Waals surface area contributed by atoms with E-state index < -0.39 is 10.0 Å². The van der Waals surface area contributed by atoms with Crippen molar-refractivity contribution in [1.82, 2.24) is 5.32 Å². The third kappa shape index (κ3) is 4.30. The number of sulfonamides is 1. The SMILES string of the molecule is Cc1ccccc1NS(=O)(=O)c1cc(CNC(C)C)cs1. The van der Waals surface area contributed by atoms with Crippen LogP contribution < -0.4 is 10.0 Å². The van der Waals surface area contributed by atoms with E-state index >= 15 is 0 Å². The number of nitrogens with one attached hydrogen (secondary N) is 2. The maximum Gasteiger partial charge on any atom is 0.271 e. The van der Waals surface area contributed by atoms with Gasteiger partial charge >= 0.3 is 0 Å². The lowest BCUT2D eigenvalue weighted by Gasteiger charge is -2.08. The van der Waals surface area contributed by atoms with Gasteiger partial charge in [-0.05, 0) is 35.6 Å². The van der Waals surface area contributed by atoms with Crippen LogP contribution in [0, 0.1) is 6.92 Å². The fourth-order valence-electron chi connectivity index (χ4n) is 1.79. The van der Waals surface area contributed by atoms with Gasteiger partial charge in [-0.25, -0.2) is 8.42 Å². The highest BCUT2D eigenvalue weighted by molar-refractivity contribution is 7.94. The van der Waals surface area contributed by atoms with Crippen molar-refractivity contribution in [3.05, 3.63) is 46.8 Å². The minimum Gasteiger partial charge on any atom is -0.310 e. The van der Waals surface area contributed by atoms with Crippen molar-refractivity contribution in [2.45, 2.75) is 37.6 Å². The summed E-state index contributed by atoms with van der Waals surface area (Å²) in [5.41, 5.74) is 2.51. The molecular weight excluding hydrogens is 304 g/mol. The number of rotatable bonds is 6. The summed E-state index contributed by atoms with van der Waals surface area (Å²) in [5, 5.41) is 5.15. The standard InChI is InChI=1S/C15H20N2O2S2/c1-11(2)16-9-13-8-15(20-10-13)21(18,19)17-14-7-5-4-6-12(14)3/h4-8,10-11,16-17H,9H2,1-3H3. The van der Waals surface area contributed by atoms with Crippen LogP contribution in [-0.4, -0.2) is 14.5 Å². The van der Waals surface area contributed by atoms with E-state index in [2.05, 4.69) is 23.9 Å². The van der Waals surface area contributed by atoms with E-state index in [-0.39, 0.29) is 0 Å². The Hall–Kier alpha value is -1.37. The average Bonchev–Trinajstić information content (AvgIpc) is 2.88. The second-order valence-corrected chi connectivity index (χ2v) is 8.05. The van der Waals surface area contributed by atoms with E-state index in [1.807, 2.05) is 30.5 Å². The molecule has 0 bridgehead atoms. The smallest absolute Gasteiger partial charge is 0.271 e. The van der Waals surface area contributed by atoms with Crippen LogP contribution in [0.5, 0.6) is 0 Å². The molecule has 1 aromatic carbocycles. The molecule has 0 aliphatic carbocycles.